The largest absolute Gasteiger partial charge is 0.493 e. The van der Waals surface area contributed by atoms with Crippen LogP contribution in [0.4, 0.5) is 5.69 Å². The molecule has 0 saturated carbocycles. The van der Waals surface area contributed by atoms with Crippen molar-refractivity contribution in [1.82, 2.24) is 15.2 Å². The molecule has 2 heterocycles. The average molecular weight is 395 g/mol. The molecule has 1 aromatic heterocycles. The summed E-state index contributed by atoms with van der Waals surface area (Å²) in [4.78, 5) is 4.65. The number of ether oxygens (including phenoxy) is 2. The Labute approximate surface area is 168 Å². The van der Waals surface area contributed by atoms with Crippen molar-refractivity contribution in [3.63, 3.8) is 0 Å². The minimum absolute atomic E-state index is 0.453. The molecule has 1 atom stereocenters. The van der Waals surface area contributed by atoms with Crippen LogP contribution in [-0.4, -0.2) is 27.5 Å². The second-order valence-corrected chi connectivity index (χ2v) is 7.32. The summed E-state index contributed by atoms with van der Waals surface area (Å²) in [5.41, 5.74) is 3.39. The monoisotopic (exact) mass is 394 g/mol. The van der Waals surface area contributed by atoms with Gasteiger partial charge in [0.15, 0.2) is 5.69 Å². The maximum atomic E-state index is 6.32. The highest BCUT2D eigenvalue weighted by molar-refractivity contribution is 7.99. The highest BCUT2D eigenvalue weighted by atomic mass is 32.2. The molecular weight excluding hydrogens is 372 g/mol. The van der Waals surface area contributed by atoms with Crippen LogP contribution in [0.15, 0.2) is 53.7 Å². The van der Waals surface area contributed by atoms with Gasteiger partial charge in [-0.25, -0.2) is 0 Å². The Morgan fingerprint density at radius 1 is 1.07 bits per heavy atom. The Kier molecular flexibility index (Phi) is 5.62. The topological polar surface area (TPSA) is 69.2 Å². The van der Waals surface area contributed by atoms with Crippen molar-refractivity contribution in [3.8, 4) is 22.9 Å². The van der Waals surface area contributed by atoms with E-state index in [1.54, 1.807) is 11.8 Å². The predicted molar refractivity (Wildman–Crippen MR) is 111 cm³/mol. The molecule has 1 aliphatic rings. The van der Waals surface area contributed by atoms with E-state index in [2.05, 4.69) is 27.4 Å². The molecule has 6 nitrogen and oxygen atoms in total. The number of hydrogen-bond acceptors (Lipinski definition) is 7. The number of rotatable bonds is 6. The van der Waals surface area contributed by atoms with Gasteiger partial charge in [-0.05, 0) is 31.5 Å². The fourth-order valence-corrected chi connectivity index (χ4v) is 3.66. The molecule has 2 aromatic carbocycles. The fourth-order valence-electron chi connectivity index (χ4n) is 3.03. The van der Waals surface area contributed by atoms with Gasteiger partial charge in [-0.3, -0.25) is 0 Å². The van der Waals surface area contributed by atoms with Gasteiger partial charge >= 0.3 is 0 Å². The lowest BCUT2D eigenvalue weighted by Crippen LogP contribution is -2.18. The van der Waals surface area contributed by atoms with E-state index in [1.165, 1.54) is 0 Å². The Balaban J connectivity index is 1.79. The second kappa shape index (κ2) is 8.48. The molecule has 28 heavy (non-hydrogen) atoms. The highest BCUT2D eigenvalue weighted by Crippen LogP contribution is 2.41. The lowest BCUT2D eigenvalue weighted by Gasteiger charge is -2.21. The number of nitrogens with zero attached hydrogens (tertiary/aromatic N) is 3. The van der Waals surface area contributed by atoms with Gasteiger partial charge in [-0.15, -0.1) is 10.2 Å². The van der Waals surface area contributed by atoms with Crippen molar-refractivity contribution in [2.75, 3.05) is 17.7 Å². The molecule has 0 fully saturated rings. The predicted octanol–water partition coefficient (Wildman–Crippen LogP) is 4.94. The lowest BCUT2D eigenvalue weighted by molar-refractivity contribution is 0.217. The molecular formula is C21H22N4O2S. The molecule has 0 bridgehead atoms. The molecule has 0 amide bonds. The van der Waals surface area contributed by atoms with Crippen molar-refractivity contribution in [3.05, 3.63) is 54.1 Å². The Morgan fingerprint density at radius 3 is 2.75 bits per heavy atom. The van der Waals surface area contributed by atoms with Gasteiger partial charge in [-0.2, -0.15) is 4.98 Å². The molecule has 3 aromatic rings. The number of hydrogen-bond donors (Lipinski definition) is 1. The lowest BCUT2D eigenvalue weighted by atomic mass is 10.1. The van der Waals surface area contributed by atoms with E-state index >= 15 is 0 Å². The molecule has 0 unspecified atom stereocenters. The van der Waals surface area contributed by atoms with E-state index in [1.807, 2.05) is 55.5 Å². The number of aromatic nitrogens is 3. The third-order valence-corrected chi connectivity index (χ3v) is 5.31. The van der Waals surface area contributed by atoms with Gasteiger partial charge in [0, 0.05) is 17.0 Å². The summed E-state index contributed by atoms with van der Waals surface area (Å²) >= 11 is 1.58. The van der Waals surface area contributed by atoms with E-state index in [-0.39, 0.29) is 0 Å². The summed E-state index contributed by atoms with van der Waals surface area (Å²) in [5.74, 6) is 2.19. The van der Waals surface area contributed by atoms with Crippen LogP contribution in [0.5, 0.6) is 11.6 Å². The quantitative estimate of drug-likeness (QED) is 0.594. The van der Waals surface area contributed by atoms with Crippen molar-refractivity contribution in [2.45, 2.75) is 31.7 Å². The summed E-state index contributed by atoms with van der Waals surface area (Å²) in [6.45, 7) is 4.68. The van der Waals surface area contributed by atoms with Crippen LogP contribution in [0, 0.1) is 0 Å². The van der Waals surface area contributed by atoms with Gasteiger partial charge in [-0.1, -0.05) is 49.0 Å². The molecule has 4 rings (SSSR count). The molecule has 0 radical (unpaired) electrons. The van der Waals surface area contributed by atoms with Crippen LogP contribution in [0.3, 0.4) is 0 Å². The SMILES string of the molecule is CCCSc1nnc2c(n1)O[C@H](c1ccccc1OCC)Nc1ccccc1-2. The summed E-state index contributed by atoms with van der Waals surface area (Å²) in [6, 6.07) is 15.8. The van der Waals surface area contributed by atoms with E-state index in [9.17, 15) is 0 Å². The summed E-state index contributed by atoms with van der Waals surface area (Å²) in [7, 11) is 0. The standard InChI is InChI=1S/C21H22N4O2S/c1-3-13-28-21-23-20-18(24-25-21)14-9-5-7-11-16(14)22-19(27-20)15-10-6-8-12-17(15)26-4-2/h5-12,19,22H,3-4,13H2,1-2H3/t19-/m1/s1. The first-order chi connectivity index (χ1) is 13.8. The van der Waals surface area contributed by atoms with Gasteiger partial charge in [0.2, 0.25) is 17.3 Å². The number of para-hydroxylation sites is 2. The van der Waals surface area contributed by atoms with Crippen LogP contribution >= 0.6 is 11.8 Å². The maximum Gasteiger partial charge on any atom is 0.247 e. The number of anilines is 1. The second-order valence-electron chi connectivity index (χ2n) is 6.26. The third kappa shape index (κ3) is 3.75. The molecule has 7 heteroatoms. The first-order valence-electron chi connectivity index (χ1n) is 9.42. The Morgan fingerprint density at radius 2 is 1.89 bits per heavy atom. The highest BCUT2D eigenvalue weighted by Gasteiger charge is 2.27. The van der Waals surface area contributed by atoms with Gasteiger partial charge in [0.05, 0.1) is 12.2 Å². The minimum atomic E-state index is -0.453. The summed E-state index contributed by atoms with van der Waals surface area (Å²) in [6.07, 6.45) is 0.589. The fraction of sp³-hybridized carbons (Fsp3) is 0.286. The van der Waals surface area contributed by atoms with E-state index < -0.39 is 6.23 Å². The van der Waals surface area contributed by atoms with Gasteiger partial charge in [0.1, 0.15) is 5.75 Å². The van der Waals surface area contributed by atoms with Crippen LogP contribution in [0.1, 0.15) is 32.1 Å². The first-order valence-corrected chi connectivity index (χ1v) is 10.4. The van der Waals surface area contributed by atoms with Crippen molar-refractivity contribution >= 4 is 17.4 Å². The molecule has 0 spiro atoms. The molecule has 1 aliphatic heterocycles. The van der Waals surface area contributed by atoms with Crippen molar-refractivity contribution < 1.29 is 9.47 Å². The van der Waals surface area contributed by atoms with Gasteiger partial charge < -0.3 is 14.8 Å². The Bertz CT molecular complexity index is 967. The van der Waals surface area contributed by atoms with E-state index in [4.69, 9.17) is 9.47 Å². The zero-order valence-electron chi connectivity index (χ0n) is 15.9. The molecule has 1 N–H and O–H groups in total. The van der Waals surface area contributed by atoms with Crippen molar-refractivity contribution in [2.24, 2.45) is 0 Å². The molecule has 0 saturated heterocycles. The normalized spacial score (nSPS) is 14.9. The number of benzene rings is 2. The number of thioether (sulfide) groups is 1. The van der Waals surface area contributed by atoms with Gasteiger partial charge in [0.25, 0.3) is 0 Å². The van der Waals surface area contributed by atoms with Crippen LogP contribution in [0.25, 0.3) is 11.3 Å². The number of nitrogens with one attached hydrogen (secondary N) is 1. The van der Waals surface area contributed by atoms with Crippen molar-refractivity contribution in [1.29, 1.82) is 0 Å². The van der Waals surface area contributed by atoms with Crippen LogP contribution in [-0.2, 0) is 0 Å². The molecule has 144 valence electrons. The summed E-state index contributed by atoms with van der Waals surface area (Å²) in [5, 5.41) is 12.8. The van der Waals surface area contributed by atoms with Crippen LogP contribution in [0.2, 0.25) is 0 Å². The summed E-state index contributed by atoms with van der Waals surface area (Å²) < 4.78 is 12.1. The smallest absolute Gasteiger partial charge is 0.247 e. The third-order valence-electron chi connectivity index (χ3n) is 4.27. The first kappa shape index (κ1) is 18.6. The van der Waals surface area contributed by atoms with E-state index in [0.717, 1.165) is 34.7 Å². The maximum absolute atomic E-state index is 6.32. The zero-order valence-corrected chi connectivity index (χ0v) is 16.7. The van der Waals surface area contributed by atoms with Crippen LogP contribution < -0.4 is 14.8 Å². The minimum Gasteiger partial charge on any atom is -0.493 e. The average Bonchev–Trinajstić information content (AvgIpc) is 2.89. The Hall–Kier alpha value is -2.80. The number of fused-ring (bicyclic) bond motifs is 3. The zero-order chi connectivity index (χ0) is 19.3. The van der Waals surface area contributed by atoms with E-state index in [0.29, 0.717) is 23.3 Å². The molecule has 0 aliphatic carbocycles.